The van der Waals surface area contributed by atoms with Crippen LogP contribution in [0.4, 0.5) is 8.78 Å². The molecular weight excluding hydrogens is 348 g/mol. The van der Waals surface area contributed by atoms with E-state index in [1.165, 1.54) is 6.07 Å². The van der Waals surface area contributed by atoms with Crippen LogP contribution >= 0.6 is 11.3 Å². The van der Waals surface area contributed by atoms with Gasteiger partial charge in [-0.2, -0.15) is 13.9 Å². The summed E-state index contributed by atoms with van der Waals surface area (Å²) in [4.78, 5) is 21.3. The Morgan fingerprint density at radius 3 is 2.92 bits per heavy atom. The van der Waals surface area contributed by atoms with E-state index in [0.29, 0.717) is 17.1 Å². The number of hydrogen-bond donors (Lipinski definition) is 0. The smallest absolute Gasteiger partial charge is 0.333 e. The van der Waals surface area contributed by atoms with Gasteiger partial charge in [0.05, 0.1) is 11.2 Å². The van der Waals surface area contributed by atoms with Crippen LogP contribution in [0, 0.1) is 5.92 Å². The lowest BCUT2D eigenvalue weighted by Gasteiger charge is -2.35. The van der Waals surface area contributed by atoms with Crippen molar-refractivity contribution >= 4 is 17.2 Å². The fourth-order valence-corrected chi connectivity index (χ4v) is 4.36. The number of rotatable bonds is 4. The molecule has 2 bridgehead atoms. The van der Waals surface area contributed by atoms with Crippen molar-refractivity contribution in [1.82, 2.24) is 24.6 Å². The van der Waals surface area contributed by atoms with Crippen molar-refractivity contribution in [3.63, 3.8) is 0 Å². The van der Waals surface area contributed by atoms with E-state index in [0.717, 1.165) is 44.4 Å². The molecule has 2 atom stereocenters. The van der Waals surface area contributed by atoms with Crippen LogP contribution in [0.15, 0.2) is 23.2 Å². The van der Waals surface area contributed by atoms with Crippen LogP contribution in [-0.4, -0.2) is 56.1 Å². The van der Waals surface area contributed by atoms with Gasteiger partial charge in [0.1, 0.15) is 0 Å². The summed E-state index contributed by atoms with van der Waals surface area (Å²) >= 11 is 1.58. The number of fused-ring (bicyclic) bond motifs is 4. The Labute approximate surface area is 148 Å². The third kappa shape index (κ3) is 3.43. The van der Waals surface area contributed by atoms with Gasteiger partial charge < -0.3 is 4.90 Å². The van der Waals surface area contributed by atoms with Gasteiger partial charge in [-0.1, -0.05) is 0 Å². The van der Waals surface area contributed by atoms with E-state index in [1.54, 1.807) is 11.3 Å². The zero-order valence-corrected chi connectivity index (χ0v) is 14.4. The lowest BCUT2D eigenvalue weighted by Crippen LogP contribution is -2.47. The minimum atomic E-state index is -2.73. The quantitative estimate of drug-likeness (QED) is 0.833. The minimum Gasteiger partial charge on any atom is -0.333 e. The second kappa shape index (κ2) is 6.80. The number of carbonyl (C=O) groups is 1. The number of nitrogens with zero attached hydrogens (tertiary/aromatic N) is 5. The summed E-state index contributed by atoms with van der Waals surface area (Å²) in [7, 11) is 0. The Balaban J connectivity index is 1.48. The first kappa shape index (κ1) is 16.6. The van der Waals surface area contributed by atoms with E-state index in [2.05, 4.69) is 15.0 Å². The maximum atomic E-state index is 12.8. The predicted octanol–water partition coefficient (Wildman–Crippen LogP) is 2.47. The molecule has 25 heavy (non-hydrogen) atoms. The Morgan fingerprint density at radius 1 is 1.32 bits per heavy atom. The fourth-order valence-electron chi connectivity index (χ4n) is 3.81. The molecule has 0 aromatic carbocycles. The summed E-state index contributed by atoms with van der Waals surface area (Å²) in [5.41, 5.74) is 2.98. The summed E-state index contributed by atoms with van der Waals surface area (Å²) in [6.07, 6.45) is 3.19. The van der Waals surface area contributed by atoms with Crippen LogP contribution in [-0.2, 0) is 6.54 Å². The van der Waals surface area contributed by atoms with E-state index in [4.69, 9.17) is 0 Å². The summed E-state index contributed by atoms with van der Waals surface area (Å²) in [5.74, 6) is 0.156. The largest absolute Gasteiger partial charge is 0.333 e. The number of aromatic nitrogens is 3. The van der Waals surface area contributed by atoms with E-state index in [-0.39, 0.29) is 17.6 Å². The molecule has 1 amide bonds. The predicted molar refractivity (Wildman–Crippen MR) is 88.4 cm³/mol. The van der Waals surface area contributed by atoms with Gasteiger partial charge in [0.25, 0.3) is 5.91 Å². The van der Waals surface area contributed by atoms with E-state index >= 15 is 0 Å². The molecule has 0 radical (unpaired) electrons. The lowest BCUT2D eigenvalue weighted by molar-refractivity contribution is 0.0517. The molecule has 9 heteroatoms. The van der Waals surface area contributed by atoms with Gasteiger partial charge in [0.2, 0.25) is 0 Å². The zero-order valence-electron chi connectivity index (χ0n) is 13.6. The van der Waals surface area contributed by atoms with Gasteiger partial charge >= 0.3 is 6.55 Å². The zero-order chi connectivity index (χ0) is 17.4. The van der Waals surface area contributed by atoms with Crippen molar-refractivity contribution in [2.45, 2.75) is 32.0 Å². The van der Waals surface area contributed by atoms with Crippen LogP contribution < -0.4 is 0 Å². The standard InChI is InChI=1S/C16H19F2N5OS/c17-16(18)23-4-3-14(20-23)15(24)22-6-11-1-2-13(22)8-21(5-11)7-12-9-25-10-19-12/h3-4,9-11,13,16H,1-2,5-8H2. The number of thiazole rings is 1. The molecule has 3 fully saturated rings. The van der Waals surface area contributed by atoms with E-state index in [1.807, 2.05) is 15.8 Å². The molecule has 0 saturated carbocycles. The highest BCUT2D eigenvalue weighted by atomic mass is 32.1. The number of amides is 1. The van der Waals surface area contributed by atoms with Crippen LogP contribution in [0.25, 0.3) is 0 Å². The summed E-state index contributed by atoms with van der Waals surface area (Å²) < 4.78 is 25.9. The molecule has 5 heterocycles. The molecular formula is C16H19F2N5OS. The molecule has 134 valence electrons. The molecule has 2 unspecified atom stereocenters. The van der Waals surface area contributed by atoms with Gasteiger partial charge in [0.15, 0.2) is 5.69 Å². The first-order valence-corrected chi connectivity index (χ1v) is 9.28. The maximum absolute atomic E-state index is 12.8. The van der Waals surface area contributed by atoms with Crippen molar-refractivity contribution in [3.05, 3.63) is 34.5 Å². The average Bonchev–Trinajstić information content (AvgIpc) is 3.20. The second-order valence-electron chi connectivity index (χ2n) is 6.69. The van der Waals surface area contributed by atoms with Crippen LogP contribution in [0.3, 0.4) is 0 Å². The van der Waals surface area contributed by atoms with Crippen molar-refractivity contribution in [2.75, 3.05) is 19.6 Å². The molecule has 2 aromatic heterocycles. The SMILES string of the molecule is O=C(c1ccn(C(F)F)n1)N1CC2CCC1CN(Cc1cscn1)C2. The summed E-state index contributed by atoms with van der Waals surface area (Å²) in [5, 5.41) is 5.78. The lowest BCUT2D eigenvalue weighted by atomic mass is 9.95. The molecule has 3 saturated heterocycles. The molecule has 0 aliphatic carbocycles. The highest BCUT2D eigenvalue weighted by molar-refractivity contribution is 7.07. The number of piperidine rings is 1. The summed E-state index contributed by atoms with van der Waals surface area (Å²) in [6.45, 7) is 0.450. The summed E-state index contributed by atoms with van der Waals surface area (Å²) in [6, 6.07) is 1.47. The monoisotopic (exact) mass is 367 g/mol. The van der Waals surface area contributed by atoms with Crippen molar-refractivity contribution in [3.8, 4) is 0 Å². The third-order valence-corrected chi connectivity index (χ3v) is 5.58. The highest BCUT2D eigenvalue weighted by Crippen LogP contribution is 2.30. The van der Waals surface area contributed by atoms with Gasteiger partial charge in [-0.05, 0) is 24.8 Å². The number of hydrogen-bond acceptors (Lipinski definition) is 5. The first-order chi connectivity index (χ1) is 12.1. The second-order valence-corrected chi connectivity index (χ2v) is 7.41. The van der Waals surface area contributed by atoms with Gasteiger partial charge in [-0.25, -0.2) is 9.67 Å². The van der Waals surface area contributed by atoms with Crippen LogP contribution in [0.1, 0.15) is 35.6 Å². The number of alkyl halides is 2. The molecule has 6 nitrogen and oxygen atoms in total. The first-order valence-electron chi connectivity index (χ1n) is 8.34. The van der Waals surface area contributed by atoms with Crippen LogP contribution in [0.5, 0.6) is 0 Å². The number of carbonyl (C=O) groups excluding carboxylic acids is 1. The molecule has 3 aliphatic heterocycles. The van der Waals surface area contributed by atoms with E-state index < -0.39 is 6.55 Å². The van der Waals surface area contributed by atoms with Gasteiger partial charge in [-0.15, -0.1) is 11.3 Å². The third-order valence-electron chi connectivity index (χ3n) is 4.95. The van der Waals surface area contributed by atoms with Crippen LogP contribution in [0.2, 0.25) is 0 Å². The average molecular weight is 367 g/mol. The topological polar surface area (TPSA) is 54.3 Å². The van der Waals surface area contributed by atoms with Gasteiger partial charge in [0, 0.05) is 43.8 Å². The molecule has 2 aromatic rings. The normalized spacial score (nSPS) is 24.0. The maximum Gasteiger partial charge on any atom is 0.333 e. The Kier molecular flexibility index (Phi) is 4.51. The highest BCUT2D eigenvalue weighted by Gasteiger charge is 2.38. The number of halogens is 2. The van der Waals surface area contributed by atoms with Crippen molar-refractivity contribution in [2.24, 2.45) is 5.92 Å². The Hall–Kier alpha value is -1.87. The molecule has 3 aliphatic rings. The Morgan fingerprint density at radius 2 is 2.20 bits per heavy atom. The molecule has 5 rings (SSSR count). The van der Waals surface area contributed by atoms with Crippen molar-refractivity contribution < 1.29 is 13.6 Å². The van der Waals surface area contributed by atoms with Crippen molar-refractivity contribution in [1.29, 1.82) is 0 Å². The van der Waals surface area contributed by atoms with Gasteiger partial charge in [-0.3, -0.25) is 9.69 Å². The Bertz CT molecular complexity index is 735. The molecule has 0 spiro atoms. The van der Waals surface area contributed by atoms with E-state index in [9.17, 15) is 13.6 Å². The molecule has 0 N–H and O–H groups in total. The minimum absolute atomic E-state index is 0.0962. The fraction of sp³-hybridized carbons (Fsp3) is 0.562.